The number of anilines is 1. The molecule has 1 atom stereocenters. The maximum absolute atomic E-state index is 12.8. The molecule has 0 radical (unpaired) electrons. The zero-order valence-electron chi connectivity index (χ0n) is 18.5. The number of amides is 1. The van der Waals surface area contributed by atoms with Gasteiger partial charge in [-0.25, -0.2) is 0 Å². The first kappa shape index (κ1) is 27.0. The van der Waals surface area contributed by atoms with Gasteiger partial charge in [0.2, 0.25) is 0 Å². The zero-order valence-corrected chi connectivity index (χ0v) is 20.9. The van der Waals surface area contributed by atoms with Gasteiger partial charge in [-0.3, -0.25) is 14.6 Å². The summed E-state index contributed by atoms with van der Waals surface area (Å²) in [6, 6.07) is 4.27. The molecule has 1 heterocycles. The Hall–Kier alpha value is -2.24. The Morgan fingerprint density at radius 2 is 1.55 bits per heavy atom. The second-order valence-corrected chi connectivity index (χ2v) is 10.3. The van der Waals surface area contributed by atoms with Gasteiger partial charge in [0.15, 0.2) is 0 Å². The predicted molar refractivity (Wildman–Crippen MR) is 128 cm³/mol. The van der Waals surface area contributed by atoms with Crippen LogP contribution in [-0.4, -0.2) is 52.8 Å². The van der Waals surface area contributed by atoms with E-state index in [1.807, 2.05) is 0 Å². The van der Waals surface area contributed by atoms with E-state index in [4.69, 9.17) is 23.2 Å². The number of pyridine rings is 1. The Labute approximate surface area is 203 Å². The van der Waals surface area contributed by atoms with Gasteiger partial charge in [-0.15, -0.1) is 0 Å². The number of carboxylic acid groups (broad SMARTS) is 1. The fourth-order valence-corrected chi connectivity index (χ4v) is 5.66. The number of hydrogen-bond donors (Lipinski definition) is 3. The lowest BCUT2D eigenvalue weighted by Crippen LogP contribution is -2.53. The molecular formula is C21H26Cl2N4O5S. The molecule has 0 unspecified atom stereocenters. The number of aliphatic carboxylic acids is 1. The summed E-state index contributed by atoms with van der Waals surface area (Å²) in [6.07, 6.45) is 2.52. The van der Waals surface area contributed by atoms with Gasteiger partial charge in [0.25, 0.3) is 16.1 Å². The highest BCUT2D eigenvalue weighted by Crippen LogP contribution is 2.24. The summed E-state index contributed by atoms with van der Waals surface area (Å²) in [7, 11) is -4.03. The first-order chi connectivity index (χ1) is 15.3. The smallest absolute Gasteiger partial charge is 0.322 e. The molecule has 1 aromatic carbocycles. The van der Waals surface area contributed by atoms with Gasteiger partial charge in [0.1, 0.15) is 6.04 Å². The van der Waals surface area contributed by atoms with E-state index in [1.54, 1.807) is 52.0 Å². The molecule has 9 nitrogen and oxygen atoms in total. The number of rotatable bonds is 10. The van der Waals surface area contributed by atoms with Crippen molar-refractivity contribution in [2.45, 2.75) is 52.2 Å². The Kier molecular flexibility index (Phi) is 9.21. The van der Waals surface area contributed by atoms with Gasteiger partial charge in [0, 0.05) is 30.2 Å². The molecule has 0 aliphatic carbocycles. The molecule has 1 amide bonds. The summed E-state index contributed by atoms with van der Waals surface area (Å²) >= 11 is 12.0. The summed E-state index contributed by atoms with van der Waals surface area (Å²) < 4.78 is 29.0. The molecule has 0 saturated carbocycles. The summed E-state index contributed by atoms with van der Waals surface area (Å²) in [4.78, 5) is 28.0. The van der Waals surface area contributed by atoms with Gasteiger partial charge in [-0.05, 0) is 51.8 Å². The van der Waals surface area contributed by atoms with E-state index in [2.05, 4.69) is 15.0 Å². The first-order valence-corrected chi connectivity index (χ1v) is 12.3. The van der Waals surface area contributed by atoms with E-state index >= 15 is 0 Å². The maximum atomic E-state index is 12.8. The number of nitrogens with zero attached hydrogens (tertiary/aromatic N) is 2. The van der Waals surface area contributed by atoms with Crippen LogP contribution in [0.4, 0.5) is 5.69 Å². The zero-order chi connectivity index (χ0) is 24.9. The lowest BCUT2D eigenvalue weighted by atomic mass is 10.1. The summed E-state index contributed by atoms with van der Waals surface area (Å²) in [5.74, 6) is -1.83. The summed E-state index contributed by atoms with van der Waals surface area (Å²) in [6.45, 7) is 6.87. The summed E-state index contributed by atoms with van der Waals surface area (Å²) in [5, 5.41) is 12.4. The topological polar surface area (TPSA) is 129 Å². The molecule has 1 aromatic heterocycles. The third kappa shape index (κ3) is 7.12. The highest BCUT2D eigenvalue weighted by molar-refractivity contribution is 7.87. The van der Waals surface area contributed by atoms with Gasteiger partial charge in [-0.1, -0.05) is 35.3 Å². The van der Waals surface area contributed by atoms with Crippen molar-refractivity contribution in [2.75, 3.05) is 5.32 Å². The fraction of sp³-hybridized carbons (Fsp3) is 0.381. The van der Waals surface area contributed by atoms with Gasteiger partial charge < -0.3 is 10.4 Å². The van der Waals surface area contributed by atoms with Crippen molar-refractivity contribution in [3.63, 3.8) is 0 Å². The SMILES string of the molecule is CC(C)N(C(C)C)S(=O)(=O)N[C@@H](Cc1ccc(NC(=O)c2c(Cl)cncc2Cl)cc1)C(=O)O. The van der Waals surface area contributed by atoms with Crippen molar-refractivity contribution in [1.29, 1.82) is 0 Å². The standard InChI is InChI=1S/C21H26Cl2N4O5S/c1-12(2)27(13(3)4)33(31,32)26-18(21(29)30)9-14-5-7-15(8-6-14)25-20(28)19-16(22)10-24-11-17(19)23/h5-8,10-13,18,26H,9H2,1-4H3,(H,25,28)(H,29,30)/t18-/m0/s1. The highest BCUT2D eigenvalue weighted by Gasteiger charge is 2.32. The predicted octanol–water partition coefficient (Wildman–Crippen LogP) is 3.59. The molecule has 0 aliphatic rings. The van der Waals surface area contributed by atoms with Crippen LogP contribution >= 0.6 is 23.2 Å². The number of hydrogen-bond acceptors (Lipinski definition) is 5. The van der Waals surface area contributed by atoms with Crippen LogP contribution in [0.2, 0.25) is 10.0 Å². The van der Waals surface area contributed by atoms with Crippen LogP contribution in [0.15, 0.2) is 36.7 Å². The molecule has 12 heteroatoms. The van der Waals surface area contributed by atoms with Crippen molar-refractivity contribution in [2.24, 2.45) is 0 Å². The molecule has 33 heavy (non-hydrogen) atoms. The highest BCUT2D eigenvalue weighted by atomic mass is 35.5. The average molecular weight is 517 g/mol. The van der Waals surface area contributed by atoms with E-state index < -0.39 is 28.1 Å². The molecule has 0 fully saturated rings. The van der Waals surface area contributed by atoms with Crippen molar-refractivity contribution in [1.82, 2.24) is 14.0 Å². The van der Waals surface area contributed by atoms with Crippen LogP contribution in [0.25, 0.3) is 0 Å². The van der Waals surface area contributed by atoms with Crippen molar-refractivity contribution in [3.05, 3.63) is 57.8 Å². The minimum Gasteiger partial charge on any atom is -0.480 e. The van der Waals surface area contributed by atoms with Crippen LogP contribution in [0, 0.1) is 0 Å². The monoisotopic (exact) mass is 516 g/mol. The number of carboxylic acids is 1. The van der Waals surface area contributed by atoms with Crippen molar-refractivity contribution in [3.8, 4) is 0 Å². The third-order valence-electron chi connectivity index (χ3n) is 4.62. The van der Waals surface area contributed by atoms with Crippen LogP contribution < -0.4 is 10.0 Å². The second kappa shape index (κ2) is 11.3. The first-order valence-electron chi connectivity index (χ1n) is 10.1. The van der Waals surface area contributed by atoms with Crippen LogP contribution in [0.3, 0.4) is 0 Å². The molecule has 3 N–H and O–H groups in total. The van der Waals surface area contributed by atoms with Gasteiger partial charge in [0.05, 0.1) is 15.6 Å². The minimum atomic E-state index is -4.03. The van der Waals surface area contributed by atoms with Gasteiger partial charge in [-0.2, -0.15) is 17.4 Å². The second-order valence-electron chi connectivity index (χ2n) is 7.86. The van der Waals surface area contributed by atoms with E-state index in [0.29, 0.717) is 11.3 Å². The summed E-state index contributed by atoms with van der Waals surface area (Å²) in [5.41, 5.74) is 1.06. The lowest BCUT2D eigenvalue weighted by molar-refractivity contribution is -0.139. The molecule has 0 aliphatic heterocycles. The number of carbonyl (C=O) groups is 2. The fourth-order valence-electron chi connectivity index (χ4n) is 3.35. The molecule has 180 valence electrons. The van der Waals surface area contributed by atoms with E-state index in [1.165, 1.54) is 16.7 Å². The van der Waals surface area contributed by atoms with Crippen molar-refractivity contribution < 1.29 is 23.1 Å². The number of carbonyl (C=O) groups excluding carboxylic acids is 1. The Balaban J connectivity index is 2.14. The Morgan fingerprint density at radius 3 is 2.00 bits per heavy atom. The largest absolute Gasteiger partial charge is 0.480 e. The number of benzene rings is 1. The van der Waals surface area contributed by atoms with E-state index in [-0.39, 0.29) is 34.1 Å². The Bertz CT molecular complexity index is 1080. The number of halogens is 2. The third-order valence-corrected chi connectivity index (χ3v) is 7.17. The quantitative estimate of drug-likeness (QED) is 0.442. The van der Waals surface area contributed by atoms with E-state index in [9.17, 15) is 23.1 Å². The Morgan fingerprint density at radius 1 is 1.03 bits per heavy atom. The van der Waals surface area contributed by atoms with E-state index in [0.717, 1.165) is 0 Å². The van der Waals surface area contributed by atoms with Crippen LogP contribution in [0.1, 0.15) is 43.6 Å². The number of nitrogens with one attached hydrogen (secondary N) is 2. The van der Waals surface area contributed by atoms with Crippen LogP contribution in [-0.2, 0) is 21.4 Å². The molecular weight excluding hydrogens is 491 g/mol. The van der Waals surface area contributed by atoms with Crippen LogP contribution in [0.5, 0.6) is 0 Å². The lowest BCUT2D eigenvalue weighted by Gasteiger charge is -2.30. The normalized spacial score (nSPS) is 12.9. The molecule has 0 spiro atoms. The average Bonchev–Trinajstić information content (AvgIpc) is 2.67. The number of aromatic nitrogens is 1. The molecule has 2 rings (SSSR count). The van der Waals surface area contributed by atoms with Gasteiger partial charge >= 0.3 is 5.97 Å². The van der Waals surface area contributed by atoms with Crippen molar-refractivity contribution >= 4 is 51.0 Å². The molecule has 0 bridgehead atoms. The molecule has 2 aromatic rings. The minimum absolute atomic E-state index is 0.0811. The maximum Gasteiger partial charge on any atom is 0.322 e. The molecule has 0 saturated heterocycles.